The molecule has 1 aliphatic rings. The third-order valence-corrected chi connectivity index (χ3v) is 7.08. The lowest BCUT2D eigenvalue weighted by Gasteiger charge is -2.23. The van der Waals surface area contributed by atoms with E-state index in [4.69, 9.17) is 11.6 Å². The highest BCUT2D eigenvalue weighted by Crippen LogP contribution is 2.19. The van der Waals surface area contributed by atoms with Gasteiger partial charge in [-0.2, -0.15) is 0 Å². The lowest BCUT2D eigenvalue weighted by molar-refractivity contribution is 0.209. The molecule has 0 saturated heterocycles. The zero-order valence-electron chi connectivity index (χ0n) is 21.6. The number of halogens is 1. The second kappa shape index (κ2) is 21.3. The first-order valence-corrected chi connectivity index (χ1v) is 14.8. The Kier molecular flexibility index (Phi) is 19.8. The second-order valence-electron chi connectivity index (χ2n) is 10.0. The molecule has 32 heavy (non-hydrogen) atoms. The van der Waals surface area contributed by atoms with Crippen LogP contribution >= 0.6 is 11.6 Å². The highest BCUT2D eigenvalue weighted by molar-refractivity contribution is 6.22. The Labute approximate surface area is 205 Å². The highest BCUT2D eigenvalue weighted by Gasteiger charge is 2.27. The summed E-state index contributed by atoms with van der Waals surface area (Å²) in [7, 11) is 0. The average Bonchev–Trinajstić information content (AvgIpc) is 3.15. The Morgan fingerprint density at radius 2 is 1.12 bits per heavy atom. The molecule has 0 radical (unpaired) electrons. The minimum absolute atomic E-state index is 0.184. The largest absolute Gasteiger partial charge is 0.385 e. The first-order chi connectivity index (χ1) is 15.7. The van der Waals surface area contributed by atoms with Crippen LogP contribution in [0, 0.1) is 0 Å². The van der Waals surface area contributed by atoms with Gasteiger partial charge < -0.3 is 10.0 Å². The Bertz CT molecular complexity index is 443. The molecule has 2 unspecified atom stereocenters. The van der Waals surface area contributed by atoms with Crippen LogP contribution in [0.5, 0.6) is 0 Å². The third kappa shape index (κ3) is 15.5. The number of aliphatic imine (C=N–C) groups is 1. The number of rotatable bonds is 23. The highest BCUT2D eigenvalue weighted by atomic mass is 35.5. The number of hydrogen-bond donors (Lipinski definition) is 1. The van der Waals surface area contributed by atoms with Crippen molar-refractivity contribution in [3.05, 3.63) is 0 Å². The minimum Gasteiger partial charge on any atom is -0.385 e. The molecule has 0 amide bonds. The van der Waals surface area contributed by atoms with Gasteiger partial charge in [-0.05, 0) is 12.8 Å². The quantitative estimate of drug-likeness (QED) is 0.0918. The number of amidine groups is 1. The number of unbranched alkanes of at least 4 members (excludes halogenated alkanes) is 18. The Hall–Kier alpha value is -0.280. The first kappa shape index (κ1) is 29.8. The van der Waals surface area contributed by atoms with Crippen molar-refractivity contribution in [2.45, 2.75) is 160 Å². The fourth-order valence-electron chi connectivity index (χ4n) is 4.86. The molecule has 0 saturated carbocycles. The molecule has 0 bridgehead atoms. The molecule has 0 aliphatic carbocycles. The van der Waals surface area contributed by atoms with E-state index in [1.807, 2.05) is 0 Å². The van der Waals surface area contributed by atoms with Crippen molar-refractivity contribution >= 4 is 17.4 Å². The molecule has 0 aromatic heterocycles. The number of alkyl halides is 1. The van der Waals surface area contributed by atoms with E-state index in [0.717, 1.165) is 38.2 Å². The van der Waals surface area contributed by atoms with Gasteiger partial charge in [-0.15, -0.1) is 0 Å². The van der Waals surface area contributed by atoms with Crippen LogP contribution in [0.2, 0.25) is 0 Å². The molecule has 0 aromatic carbocycles. The van der Waals surface area contributed by atoms with Crippen molar-refractivity contribution in [3.63, 3.8) is 0 Å². The van der Waals surface area contributed by atoms with E-state index in [1.165, 1.54) is 116 Å². The molecule has 4 heteroatoms. The van der Waals surface area contributed by atoms with Crippen LogP contribution in [-0.2, 0) is 0 Å². The molecule has 1 rings (SSSR count). The van der Waals surface area contributed by atoms with Crippen LogP contribution < -0.4 is 0 Å². The van der Waals surface area contributed by atoms with E-state index >= 15 is 0 Å². The fraction of sp³-hybridized carbons (Fsp3) is 0.964. The smallest absolute Gasteiger partial charge is 0.143 e. The van der Waals surface area contributed by atoms with Crippen LogP contribution in [-0.4, -0.2) is 40.5 Å². The van der Waals surface area contributed by atoms with E-state index in [0.29, 0.717) is 0 Å². The summed E-state index contributed by atoms with van der Waals surface area (Å²) in [5.74, 6) is 0.828. The summed E-state index contributed by atoms with van der Waals surface area (Å²) < 4.78 is 0. The zero-order valence-corrected chi connectivity index (χ0v) is 22.4. The summed E-state index contributed by atoms with van der Waals surface area (Å²) in [4.78, 5) is 6.61. The maximum atomic E-state index is 10.5. The summed E-state index contributed by atoms with van der Waals surface area (Å²) in [6.45, 7) is 6.14. The van der Waals surface area contributed by atoms with Crippen molar-refractivity contribution in [2.75, 3.05) is 13.1 Å². The topological polar surface area (TPSA) is 35.8 Å². The fourth-order valence-corrected chi connectivity index (χ4v) is 5.13. The van der Waals surface area contributed by atoms with Gasteiger partial charge in [0.05, 0.1) is 6.54 Å². The Morgan fingerprint density at radius 1 is 0.719 bits per heavy atom. The molecule has 3 nitrogen and oxygen atoms in total. The molecule has 1 N–H and O–H groups in total. The summed E-state index contributed by atoms with van der Waals surface area (Å²) >= 11 is 6.16. The van der Waals surface area contributed by atoms with Gasteiger partial charge in [0.2, 0.25) is 0 Å². The molecule has 0 spiro atoms. The predicted molar refractivity (Wildman–Crippen MR) is 143 cm³/mol. The van der Waals surface area contributed by atoms with Crippen LogP contribution in [0.1, 0.15) is 149 Å². The van der Waals surface area contributed by atoms with Crippen molar-refractivity contribution in [1.82, 2.24) is 4.90 Å². The predicted octanol–water partition coefficient (Wildman–Crippen LogP) is 8.86. The molecule has 190 valence electrons. The van der Waals surface area contributed by atoms with Crippen LogP contribution in [0.3, 0.4) is 0 Å². The monoisotopic (exact) mass is 470 g/mol. The van der Waals surface area contributed by atoms with E-state index in [1.54, 1.807) is 0 Å². The normalized spacial score (nSPS) is 17.2. The van der Waals surface area contributed by atoms with Crippen molar-refractivity contribution < 1.29 is 5.11 Å². The van der Waals surface area contributed by atoms with Gasteiger partial charge in [-0.25, -0.2) is 4.99 Å². The molecule has 0 aromatic rings. The average molecular weight is 471 g/mol. The lowest BCUT2D eigenvalue weighted by atomic mass is 10.0. The third-order valence-electron chi connectivity index (χ3n) is 6.84. The van der Waals surface area contributed by atoms with Crippen molar-refractivity contribution in [1.29, 1.82) is 0 Å². The summed E-state index contributed by atoms with van der Waals surface area (Å²) in [6.07, 6.45) is 27.9. The molecule has 1 heterocycles. The Balaban J connectivity index is 1.80. The van der Waals surface area contributed by atoms with E-state index in [9.17, 15) is 5.11 Å². The number of hydrogen-bond acceptors (Lipinski definition) is 3. The number of aliphatic hydroxyl groups excluding tert-OH is 1. The summed E-state index contributed by atoms with van der Waals surface area (Å²) in [5.41, 5.74) is -0.184. The summed E-state index contributed by atoms with van der Waals surface area (Å²) in [5, 5.41) is 10.5. The van der Waals surface area contributed by atoms with Gasteiger partial charge in [0.1, 0.15) is 17.4 Å². The maximum absolute atomic E-state index is 10.5. The van der Waals surface area contributed by atoms with Gasteiger partial charge in [0, 0.05) is 6.54 Å². The minimum atomic E-state index is -0.434. The van der Waals surface area contributed by atoms with Crippen LogP contribution in [0.4, 0.5) is 0 Å². The lowest BCUT2D eigenvalue weighted by Crippen LogP contribution is -2.37. The van der Waals surface area contributed by atoms with Gasteiger partial charge in [-0.3, -0.25) is 0 Å². The zero-order chi connectivity index (χ0) is 23.3. The van der Waals surface area contributed by atoms with Crippen molar-refractivity contribution in [3.8, 4) is 0 Å². The maximum Gasteiger partial charge on any atom is 0.143 e. The van der Waals surface area contributed by atoms with Gasteiger partial charge in [0.25, 0.3) is 0 Å². The van der Waals surface area contributed by atoms with Gasteiger partial charge >= 0.3 is 0 Å². The standard InChI is InChI=1S/C28H55ClN2O/c1-3-5-6-7-8-9-10-11-12-13-14-15-16-17-18-19-20-21-22-23-26(32)28-30-27(29)25-31(28)24-4-2/h26-27,32H,3-25H2,1-2H3. The van der Waals surface area contributed by atoms with Crippen LogP contribution in [0.25, 0.3) is 0 Å². The molecular weight excluding hydrogens is 416 g/mol. The molecule has 0 fully saturated rings. The van der Waals surface area contributed by atoms with Crippen molar-refractivity contribution in [2.24, 2.45) is 4.99 Å². The van der Waals surface area contributed by atoms with Crippen LogP contribution in [0.15, 0.2) is 4.99 Å². The number of aliphatic hydroxyl groups is 1. The van der Waals surface area contributed by atoms with Gasteiger partial charge in [0.15, 0.2) is 0 Å². The Morgan fingerprint density at radius 3 is 1.53 bits per heavy atom. The SMILES string of the molecule is CCCCCCCCCCCCCCCCCCCCCC(O)C1=NC(Cl)CN1CCC. The van der Waals surface area contributed by atoms with E-state index in [2.05, 4.69) is 23.7 Å². The first-order valence-electron chi connectivity index (χ1n) is 14.3. The molecular formula is C28H55ClN2O. The van der Waals surface area contributed by atoms with Gasteiger partial charge in [-0.1, -0.05) is 147 Å². The molecule has 1 aliphatic heterocycles. The molecule has 2 atom stereocenters. The number of nitrogens with zero attached hydrogens (tertiary/aromatic N) is 2. The van der Waals surface area contributed by atoms with E-state index < -0.39 is 6.10 Å². The summed E-state index contributed by atoms with van der Waals surface area (Å²) in [6, 6.07) is 0. The van der Waals surface area contributed by atoms with E-state index in [-0.39, 0.29) is 5.50 Å². The second-order valence-corrected chi connectivity index (χ2v) is 10.5.